The van der Waals surface area contributed by atoms with Gasteiger partial charge in [0, 0.05) is 37.8 Å². The molecule has 3 aliphatic rings. The number of rotatable bonds is 8. The standard InChI is InChI=1S/C28H32N4O5/c1-18-4-3-5-20(14-18)16-31(13-11-19-6-7-19)24(33)17-32-25(34)28(37-27(32)36)12-10-21-15-22(8-9-23(21)28)30-26(35)29-2/h3-5,8-9,14-15,19H,6-7,10-13,16-17H2,1-2H3,(H2,29,30,35)/t28-/m1/s1. The molecule has 0 aromatic heterocycles. The summed E-state index contributed by atoms with van der Waals surface area (Å²) >= 11 is 0. The summed E-state index contributed by atoms with van der Waals surface area (Å²) in [6.07, 6.45) is 3.31. The lowest BCUT2D eigenvalue weighted by Crippen LogP contribution is -2.44. The molecule has 2 aromatic rings. The van der Waals surface area contributed by atoms with Crippen LogP contribution >= 0.6 is 0 Å². The number of nitrogens with zero attached hydrogens (tertiary/aromatic N) is 2. The Morgan fingerprint density at radius 2 is 1.97 bits per heavy atom. The number of imide groups is 1. The van der Waals surface area contributed by atoms with E-state index in [4.69, 9.17) is 4.74 Å². The van der Waals surface area contributed by atoms with Gasteiger partial charge in [0.05, 0.1) is 0 Å². The molecule has 9 heteroatoms. The first-order chi connectivity index (χ1) is 17.8. The molecule has 2 aromatic carbocycles. The van der Waals surface area contributed by atoms with Crippen molar-refractivity contribution in [3.05, 3.63) is 64.7 Å². The Morgan fingerprint density at radius 1 is 1.16 bits per heavy atom. The lowest BCUT2D eigenvalue weighted by Gasteiger charge is -2.25. The minimum Gasteiger partial charge on any atom is -0.427 e. The van der Waals surface area contributed by atoms with Crippen LogP contribution in [0.2, 0.25) is 0 Å². The molecule has 0 bridgehead atoms. The van der Waals surface area contributed by atoms with Gasteiger partial charge in [0.15, 0.2) is 0 Å². The molecule has 2 fully saturated rings. The Kier molecular flexibility index (Phi) is 6.62. The Balaban J connectivity index is 1.32. The van der Waals surface area contributed by atoms with Gasteiger partial charge < -0.3 is 20.3 Å². The second kappa shape index (κ2) is 9.88. The van der Waals surface area contributed by atoms with Crippen LogP contribution in [0.1, 0.15) is 47.9 Å². The van der Waals surface area contributed by atoms with Gasteiger partial charge in [-0.3, -0.25) is 9.59 Å². The van der Waals surface area contributed by atoms with E-state index in [1.165, 1.54) is 19.9 Å². The molecule has 9 nitrogen and oxygen atoms in total. The first-order valence-electron chi connectivity index (χ1n) is 12.8. The molecule has 194 valence electrons. The lowest BCUT2D eigenvalue weighted by atomic mass is 9.94. The number of carbonyl (C=O) groups is 4. The number of carbonyl (C=O) groups excluding carboxylic acids is 4. The van der Waals surface area contributed by atoms with Gasteiger partial charge in [-0.05, 0) is 48.9 Å². The summed E-state index contributed by atoms with van der Waals surface area (Å²) in [5.74, 6) is -0.130. The maximum atomic E-state index is 13.6. The third kappa shape index (κ3) is 5.03. The Labute approximate surface area is 216 Å². The fourth-order valence-electron chi connectivity index (χ4n) is 5.23. The molecule has 1 atom stereocenters. The minimum absolute atomic E-state index is 0.271. The second-order valence-corrected chi connectivity index (χ2v) is 10.2. The van der Waals surface area contributed by atoms with Gasteiger partial charge in [-0.2, -0.15) is 0 Å². The van der Waals surface area contributed by atoms with Crippen molar-refractivity contribution in [2.45, 2.75) is 51.2 Å². The highest BCUT2D eigenvalue weighted by Gasteiger charge is 2.58. The predicted molar refractivity (Wildman–Crippen MR) is 137 cm³/mol. The molecule has 1 spiro atoms. The van der Waals surface area contributed by atoms with E-state index in [0.717, 1.165) is 28.0 Å². The lowest BCUT2D eigenvalue weighted by molar-refractivity contribution is -0.142. The van der Waals surface area contributed by atoms with Crippen molar-refractivity contribution in [1.82, 2.24) is 15.1 Å². The second-order valence-electron chi connectivity index (χ2n) is 10.2. The summed E-state index contributed by atoms with van der Waals surface area (Å²) in [4.78, 5) is 54.2. The number of nitrogens with one attached hydrogen (secondary N) is 2. The highest BCUT2D eigenvalue weighted by Crippen LogP contribution is 2.46. The Hall–Kier alpha value is -3.88. The number of aryl methyl sites for hydroxylation is 2. The third-order valence-electron chi connectivity index (χ3n) is 7.45. The van der Waals surface area contributed by atoms with Gasteiger partial charge in [0.1, 0.15) is 6.54 Å². The molecule has 0 unspecified atom stereocenters. The number of ether oxygens (including phenoxy) is 1. The minimum atomic E-state index is -1.42. The first-order valence-corrected chi connectivity index (χ1v) is 12.8. The van der Waals surface area contributed by atoms with Crippen LogP contribution in [0.5, 0.6) is 0 Å². The van der Waals surface area contributed by atoms with E-state index in [0.29, 0.717) is 43.1 Å². The smallest absolute Gasteiger partial charge is 0.418 e. The van der Waals surface area contributed by atoms with E-state index >= 15 is 0 Å². The molecular formula is C28H32N4O5. The maximum Gasteiger partial charge on any atom is 0.418 e. The number of fused-ring (bicyclic) bond motifs is 2. The maximum absolute atomic E-state index is 13.6. The summed E-state index contributed by atoms with van der Waals surface area (Å²) in [6.45, 7) is 2.68. The van der Waals surface area contributed by atoms with Crippen molar-refractivity contribution >= 4 is 29.6 Å². The van der Waals surface area contributed by atoms with Crippen LogP contribution in [-0.4, -0.2) is 53.9 Å². The average Bonchev–Trinajstić information content (AvgIpc) is 3.60. The summed E-state index contributed by atoms with van der Waals surface area (Å²) < 4.78 is 5.69. The summed E-state index contributed by atoms with van der Waals surface area (Å²) in [5, 5.41) is 5.21. The molecular weight excluding hydrogens is 472 g/mol. The monoisotopic (exact) mass is 504 g/mol. The number of hydrogen-bond acceptors (Lipinski definition) is 5. The molecule has 37 heavy (non-hydrogen) atoms. The predicted octanol–water partition coefficient (Wildman–Crippen LogP) is 3.70. The third-order valence-corrected chi connectivity index (χ3v) is 7.45. The average molecular weight is 505 g/mol. The van der Waals surface area contributed by atoms with E-state index < -0.39 is 17.6 Å². The number of anilines is 1. The van der Waals surface area contributed by atoms with Crippen molar-refractivity contribution in [2.24, 2.45) is 5.92 Å². The van der Waals surface area contributed by atoms with Crippen LogP contribution in [-0.2, 0) is 32.9 Å². The van der Waals surface area contributed by atoms with E-state index in [-0.39, 0.29) is 18.5 Å². The Morgan fingerprint density at radius 3 is 2.70 bits per heavy atom. The molecule has 1 heterocycles. The number of benzene rings is 2. The molecule has 1 saturated heterocycles. The summed E-state index contributed by atoms with van der Waals surface area (Å²) in [6, 6.07) is 12.8. The molecule has 5 amide bonds. The van der Waals surface area contributed by atoms with Crippen LogP contribution in [0.25, 0.3) is 0 Å². The molecule has 0 radical (unpaired) electrons. The topological polar surface area (TPSA) is 108 Å². The fraction of sp³-hybridized carbons (Fsp3) is 0.429. The first kappa shape index (κ1) is 24.8. The Bertz CT molecular complexity index is 1260. The number of hydrogen-bond donors (Lipinski definition) is 2. The van der Waals surface area contributed by atoms with Gasteiger partial charge in [0.2, 0.25) is 11.5 Å². The van der Waals surface area contributed by atoms with Crippen molar-refractivity contribution in [3.8, 4) is 0 Å². The van der Waals surface area contributed by atoms with Crippen LogP contribution < -0.4 is 10.6 Å². The number of urea groups is 1. The molecule has 2 aliphatic carbocycles. The SMILES string of the molecule is CNC(=O)Nc1ccc2c(c1)CC[C@@]21OC(=O)N(CC(=O)N(CCC2CC2)Cc2cccc(C)c2)C1=O. The molecule has 2 N–H and O–H groups in total. The van der Waals surface area contributed by atoms with Gasteiger partial charge >= 0.3 is 12.1 Å². The van der Waals surface area contributed by atoms with Crippen LogP contribution in [0.15, 0.2) is 42.5 Å². The molecule has 1 aliphatic heterocycles. The summed E-state index contributed by atoms with van der Waals surface area (Å²) in [5.41, 5.74) is 2.72. The van der Waals surface area contributed by atoms with Crippen LogP contribution in [0, 0.1) is 12.8 Å². The van der Waals surface area contributed by atoms with Crippen LogP contribution in [0.4, 0.5) is 15.3 Å². The zero-order valence-electron chi connectivity index (χ0n) is 21.2. The van der Waals surface area contributed by atoms with Crippen molar-refractivity contribution < 1.29 is 23.9 Å². The zero-order chi connectivity index (χ0) is 26.2. The van der Waals surface area contributed by atoms with Crippen LogP contribution in [0.3, 0.4) is 0 Å². The van der Waals surface area contributed by atoms with E-state index in [1.54, 1.807) is 23.1 Å². The fourth-order valence-corrected chi connectivity index (χ4v) is 5.23. The largest absolute Gasteiger partial charge is 0.427 e. The van der Waals surface area contributed by atoms with Crippen molar-refractivity contribution in [1.29, 1.82) is 0 Å². The summed E-state index contributed by atoms with van der Waals surface area (Å²) in [7, 11) is 1.53. The van der Waals surface area contributed by atoms with Gasteiger partial charge in [-0.25, -0.2) is 14.5 Å². The van der Waals surface area contributed by atoms with Gasteiger partial charge in [-0.15, -0.1) is 0 Å². The van der Waals surface area contributed by atoms with Gasteiger partial charge in [-0.1, -0.05) is 48.7 Å². The van der Waals surface area contributed by atoms with E-state index in [9.17, 15) is 19.2 Å². The quantitative estimate of drug-likeness (QED) is 0.570. The highest BCUT2D eigenvalue weighted by molar-refractivity contribution is 6.06. The van der Waals surface area contributed by atoms with Gasteiger partial charge in [0.25, 0.3) is 5.91 Å². The van der Waals surface area contributed by atoms with E-state index in [1.807, 2.05) is 31.2 Å². The van der Waals surface area contributed by atoms with E-state index in [2.05, 4.69) is 10.6 Å². The molecule has 5 rings (SSSR count). The normalized spacial score (nSPS) is 20.1. The number of amides is 5. The van der Waals surface area contributed by atoms with Crippen molar-refractivity contribution in [3.63, 3.8) is 0 Å². The van der Waals surface area contributed by atoms with Crippen molar-refractivity contribution in [2.75, 3.05) is 25.5 Å². The zero-order valence-corrected chi connectivity index (χ0v) is 21.2. The highest BCUT2D eigenvalue weighted by atomic mass is 16.6. The molecule has 1 saturated carbocycles.